The van der Waals surface area contributed by atoms with Gasteiger partial charge in [-0.3, -0.25) is 0 Å². The van der Waals surface area contributed by atoms with Gasteiger partial charge in [-0.25, -0.2) is 0 Å². The first-order valence-electron chi connectivity index (χ1n) is 5.78. The quantitative estimate of drug-likeness (QED) is 0.645. The van der Waals surface area contributed by atoms with Gasteiger partial charge < -0.3 is 15.3 Å². The van der Waals surface area contributed by atoms with Gasteiger partial charge in [0.2, 0.25) is 0 Å². The van der Waals surface area contributed by atoms with E-state index in [1.807, 2.05) is 7.05 Å². The third kappa shape index (κ3) is 3.56. The molecule has 1 aliphatic rings. The van der Waals surface area contributed by atoms with Crippen LogP contribution in [0.1, 0.15) is 32.1 Å². The maximum absolute atomic E-state index is 9.84. The Hall–Kier alpha value is -0.120. The molecule has 1 fully saturated rings. The first kappa shape index (κ1) is 12.0. The highest BCUT2D eigenvalue weighted by Gasteiger charge is 2.25. The molecule has 0 radical (unpaired) electrons. The Morgan fingerprint density at radius 2 is 2.07 bits per heavy atom. The lowest BCUT2D eigenvalue weighted by atomic mass is 9.91. The summed E-state index contributed by atoms with van der Waals surface area (Å²) in [6.07, 6.45) is 5.69. The summed E-state index contributed by atoms with van der Waals surface area (Å²) in [5, 5.41) is 13.0. The van der Waals surface area contributed by atoms with Gasteiger partial charge in [0, 0.05) is 6.04 Å². The van der Waals surface area contributed by atoms with Crippen molar-refractivity contribution in [1.29, 1.82) is 0 Å². The SMILES string of the molecule is CNCCCN(C)C1CCCCC1O. The second-order valence-electron chi connectivity index (χ2n) is 4.36. The Balaban J connectivity index is 2.23. The van der Waals surface area contributed by atoms with Crippen molar-refractivity contribution in [2.24, 2.45) is 0 Å². The molecule has 2 unspecified atom stereocenters. The Labute approximate surface area is 87.5 Å². The summed E-state index contributed by atoms with van der Waals surface area (Å²) in [7, 11) is 4.12. The van der Waals surface area contributed by atoms with Crippen molar-refractivity contribution in [3.8, 4) is 0 Å². The van der Waals surface area contributed by atoms with Gasteiger partial charge in [0.05, 0.1) is 6.10 Å². The van der Waals surface area contributed by atoms with Crippen LogP contribution < -0.4 is 5.32 Å². The van der Waals surface area contributed by atoms with E-state index in [0.29, 0.717) is 6.04 Å². The standard InChI is InChI=1S/C11H24N2O/c1-12-8-5-9-13(2)10-6-3-4-7-11(10)14/h10-12,14H,3-9H2,1-2H3. The van der Waals surface area contributed by atoms with Gasteiger partial charge in [-0.15, -0.1) is 0 Å². The van der Waals surface area contributed by atoms with Crippen molar-refractivity contribution in [3.63, 3.8) is 0 Å². The molecule has 0 aromatic rings. The van der Waals surface area contributed by atoms with Crippen LogP contribution in [0.15, 0.2) is 0 Å². The molecule has 0 aromatic carbocycles. The molecule has 2 N–H and O–H groups in total. The molecule has 14 heavy (non-hydrogen) atoms. The van der Waals surface area contributed by atoms with Crippen molar-refractivity contribution in [1.82, 2.24) is 10.2 Å². The average Bonchev–Trinajstić information content (AvgIpc) is 2.18. The zero-order chi connectivity index (χ0) is 10.4. The summed E-state index contributed by atoms with van der Waals surface area (Å²) in [4.78, 5) is 2.32. The molecule has 1 aliphatic carbocycles. The van der Waals surface area contributed by atoms with E-state index >= 15 is 0 Å². The highest BCUT2D eigenvalue weighted by molar-refractivity contribution is 4.81. The van der Waals surface area contributed by atoms with E-state index in [0.717, 1.165) is 32.4 Å². The fourth-order valence-corrected chi connectivity index (χ4v) is 2.28. The third-order valence-corrected chi connectivity index (χ3v) is 3.20. The Morgan fingerprint density at radius 3 is 2.71 bits per heavy atom. The largest absolute Gasteiger partial charge is 0.391 e. The van der Waals surface area contributed by atoms with Crippen molar-refractivity contribution >= 4 is 0 Å². The number of likely N-dealkylation sites (N-methyl/N-ethyl adjacent to an activating group) is 1. The molecule has 3 nitrogen and oxygen atoms in total. The molecule has 1 rings (SSSR count). The zero-order valence-corrected chi connectivity index (χ0v) is 9.50. The molecule has 0 saturated heterocycles. The van der Waals surface area contributed by atoms with E-state index < -0.39 is 0 Å². The molecule has 0 spiro atoms. The number of aliphatic hydroxyl groups excluding tert-OH is 1. The van der Waals surface area contributed by atoms with E-state index in [2.05, 4.69) is 17.3 Å². The summed E-state index contributed by atoms with van der Waals surface area (Å²) >= 11 is 0. The molecular weight excluding hydrogens is 176 g/mol. The number of rotatable bonds is 5. The van der Waals surface area contributed by atoms with Crippen LogP contribution >= 0.6 is 0 Å². The van der Waals surface area contributed by atoms with Crippen molar-refractivity contribution in [2.75, 3.05) is 27.2 Å². The maximum Gasteiger partial charge on any atom is 0.0695 e. The van der Waals surface area contributed by atoms with E-state index in [1.165, 1.54) is 12.8 Å². The minimum Gasteiger partial charge on any atom is -0.391 e. The smallest absolute Gasteiger partial charge is 0.0695 e. The molecule has 0 amide bonds. The number of aliphatic hydroxyl groups is 1. The van der Waals surface area contributed by atoms with Gasteiger partial charge in [0.15, 0.2) is 0 Å². The first-order valence-corrected chi connectivity index (χ1v) is 5.78. The fourth-order valence-electron chi connectivity index (χ4n) is 2.28. The Kier molecular flexibility index (Phi) is 5.45. The van der Waals surface area contributed by atoms with Crippen LogP contribution in [0.4, 0.5) is 0 Å². The van der Waals surface area contributed by atoms with Gasteiger partial charge >= 0.3 is 0 Å². The van der Waals surface area contributed by atoms with Crippen LogP contribution in [-0.2, 0) is 0 Å². The van der Waals surface area contributed by atoms with Crippen LogP contribution in [0.2, 0.25) is 0 Å². The predicted octanol–water partition coefficient (Wildman–Crippen LogP) is 0.831. The highest BCUT2D eigenvalue weighted by Crippen LogP contribution is 2.22. The highest BCUT2D eigenvalue weighted by atomic mass is 16.3. The summed E-state index contributed by atoms with van der Waals surface area (Å²) in [6.45, 7) is 2.15. The summed E-state index contributed by atoms with van der Waals surface area (Å²) in [6, 6.07) is 0.403. The number of hydrogen-bond acceptors (Lipinski definition) is 3. The molecule has 0 bridgehead atoms. The van der Waals surface area contributed by atoms with E-state index in [1.54, 1.807) is 0 Å². The predicted molar refractivity (Wildman–Crippen MR) is 59.4 cm³/mol. The topological polar surface area (TPSA) is 35.5 Å². The second kappa shape index (κ2) is 6.38. The Bertz CT molecular complexity index is 152. The second-order valence-corrected chi connectivity index (χ2v) is 4.36. The van der Waals surface area contributed by atoms with Gasteiger partial charge in [0.1, 0.15) is 0 Å². The molecule has 84 valence electrons. The van der Waals surface area contributed by atoms with Crippen LogP contribution in [-0.4, -0.2) is 49.3 Å². The third-order valence-electron chi connectivity index (χ3n) is 3.20. The fraction of sp³-hybridized carbons (Fsp3) is 1.00. The van der Waals surface area contributed by atoms with Crippen LogP contribution in [0.3, 0.4) is 0 Å². The van der Waals surface area contributed by atoms with E-state index in [-0.39, 0.29) is 6.10 Å². The lowest BCUT2D eigenvalue weighted by molar-refractivity contribution is 0.0319. The van der Waals surface area contributed by atoms with Gasteiger partial charge in [-0.2, -0.15) is 0 Å². The van der Waals surface area contributed by atoms with Crippen LogP contribution in [0, 0.1) is 0 Å². The van der Waals surface area contributed by atoms with Crippen LogP contribution in [0.25, 0.3) is 0 Å². The molecular formula is C11H24N2O. The summed E-state index contributed by atoms with van der Waals surface area (Å²) < 4.78 is 0. The van der Waals surface area contributed by atoms with Crippen molar-refractivity contribution < 1.29 is 5.11 Å². The van der Waals surface area contributed by atoms with Gasteiger partial charge in [-0.1, -0.05) is 12.8 Å². The van der Waals surface area contributed by atoms with Crippen molar-refractivity contribution in [2.45, 2.75) is 44.2 Å². The lowest BCUT2D eigenvalue weighted by Gasteiger charge is -2.35. The lowest BCUT2D eigenvalue weighted by Crippen LogP contribution is -2.44. The monoisotopic (exact) mass is 200 g/mol. The van der Waals surface area contributed by atoms with Gasteiger partial charge in [0.25, 0.3) is 0 Å². The molecule has 2 atom stereocenters. The molecule has 0 aliphatic heterocycles. The van der Waals surface area contributed by atoms with E-state index in [9.17, 15) is 5.11 Å². The summed E-state index contributed by atoms with van der Waals surface area (Å²) in [5.41, 5.74) is 0. The number of nitrogens with zero attached hydrogens (tertiary/aromatic N) is 1. The molecule has 1 saturated carbocycles. The minimum atomic E-state index is -0.0941. The van der Waals surface area contributed by atoms with Crippen molar-refractivity contribution in [3.05, 3.63) is 0 Å². The van der Waals surface area contributed by atoms with Gasteiger partial charge in [-0.05, 0) is 46.4 Å². The minimum absolute atomic E-state index is 0.0941. The van der Waals surface area contributed by atoms with Crippen LogP contribution in [0.5, 0.6) is 0 Å². The average molecular weight is 200 g/mol. The molecule has 3 heteroatoms. The van der Waals surface area contributed by atoms with E-state index in [4.69, 9.17) is 0 Å². The number of hydrogen-bond donors (Lipinski definition) is 2. The summed E-state index contributed by atoms with van der Waals surface area (Å²) in [5.74, 6) is 0. The Morgan fingerprint density at radius 1 is 1.36 bits per heavy atom. The molecule has 0 heterocycles. The molecule has 0 aromatic heterocycles. The zero-order valence-electron chi connectivity index (χ0n) is 9.50. The first-order chi connectivity index (χ1) is 6.75. The maximum atomic E-state index is 9.84. The number of nitrogens with one attached hydrogen (secondary N) is 1. The normalized spacial score (nSPS) is 28.3.